The van der Waals surface area contributed by atoms with Gasteiger partial charge >= 0.3 is 0 Å². The maximum absolute atomic E-state index is 5.89. The molecule has 5 heteroatoms. The second-order valence-corrected chi connectivity index (χ2v) is 5.40. The first-order chi connectivity index (χ1) is 9.78. The van der Waals surface area contributed by atoms with Crippen molar-refractivity contribution in [3.8, 4) is 0 Å². The molecule has 0 spiro atoms. The van der Waals surface area contributed by atoms with Crippen LogP contribution in [-0.2, 0) is 6.54 Å². The van der Waals surface area contributed by atoms with E-state index in [1.165, 1.54) is 23.8 Å². The summed E-state index contributed by atoms with van der Waals surface area (Å²) >= 11 is 0. The second kappa shape index (κ2) is 7.15. The molecule has 1 aromatic carbocycles. The zero-order valence-electron chi connectivity index (χ0n) is 12.5. The number of aliphatic imine (C=N–C) groups is 1. The van der Waals surface area contributed by atoms with Gasteiger partial charge in [-0.15, -0.1) is 24.0 Å². The number of furan rings is 1. The average Bonchev–Trinajstić information content (AvgIpc) is 3.25. The van der Waals surface area contributed by atoms with Gasteiger partial charge in [-0.05, 0) is 31.7 Å². The van der Waals surface area contributed by atoms with Crippen LogP contribution >= 0.6 is 24.0 Å². The summed E-state index contributed by atoms with van der Waals surface area (Å²) in [6, 6.07) is 8.14. The molecule has 1 aliphatic carbocycles. The van der Waals surface area contributed by atoms with Crippen LogP contribution in [0.3, 0.4) is 0 Å². The molecule has 1 saturated carbocycles. The van der Waals surface area contributed by atoms with Gasteiger partial charge in [-0.2, -0.15) is 0 Å². The highest BCUT2D eigenvalue weighted by atomic mass is 127. The molecule has 21 heavy (non-hydrogen) atoms. The molecule has 0 atom stereocenters. The molecule has 0 saturated heterocycles. The molecule has 0 radical (unpaired) electrons. The van der Waals surface area contributed by atoms with E-state index in [-0.39, 0.29) is 24.0 Å². The highest BCUT2D eigenvalue weighted by molar-refractivity contribution is 14.0. The number of para-hydroxylation sites is 1. The van der Waals surface area contributed by atoms with Crippen molar-refractivity contribution in [3.63, 3.8) is 0 Å². The molecule has 3 rings (SSSR count). The Morgan fingerprint density at radius 3 is 2.71 bits per heavy atom. The Morgan fingerprint density at radius 1 is 1.29 bits per heavy atom. The van der Waals surface area contributed by atoms with Crippen molar-refractivity contribution in [3.05, 3.63) is 35.6 Å². The van der Waals surface area contributed by atoms with E-state index >= 15 is 0 Å². The van der Waals surface area contributed by atoms with Crippen LogP contribution in [0.1, 0.15) is 24.2 Å². The van der Waals surface area contributed by atoms with Crippen LogP contribution in [0.15, 0.2) is 33.7 Å². The molecule has 1 heterocycles. The minimum absolute atomic E-state index is 0. The molecule has 1 fully saturated rings. The third-order valence-electron chi connectivity index (χ3n) is 3.84. The van der Waals surface area contributed by atoms with E-state index in [9.17, 15) is 0 Å². The maximum atomic E-state index is 5.89. The van der Waals surface area contributed by atoms with Crippen LogP contribution in [0, 0.1) is 12.8 Å². The molecule has 1 aromatic heterocycles. The van der Waals surface area contributed by atoms with Crippen LogP contribution in [0.5, 0.6) is 0 Å². The molecule has 1 aliphatic rings. The Hall–Kier alpha value is -1.24. The summed E-state index contributed by atoms with van der Waals surface area (Å²) in [7, 11) is 1.80. The number of rotatable bonds is 4. The predicted molar refractivity (Wildman–Crippen MR) is 97.3 cm³/mol. The summed E-state index contributed by atoms with van der Waals surface area (Å²) in [5.74, 6) is 2.65. The van der Waals surface area contributed by atoms with Gasteiger partial charge in [0.05, 0.1) is 6.54 Å². The highest BCUT2D eigenvalue weighted by Crippen LogP contribution is 2.27. The summed E-state index contributed by atoms with van der Waals surface area (Å²) < 4.78 is 5.89. The minimum Gasteiger partial charge on any atom is -0.459 e. The van der Waals surface area contributed by atoms with E-state index in [4.69, 9.17) is 4.42 Å². The highest BCUT2D eigenvalue weighted by Gasteiger charge is 2.21. The van der Waals surface area contributed by atoms with Crippen LogP contribution in [0.4, 0.5) is 0 Å². The van der Waals surface area contributed by atoms with E-state index in [2.05, 4.69) is 28.6 Å². The zero-order chi connectivity index (χ0) is 13.9. The maximum Gasteiger partial charge on any atom is 0.191 e. The molecule has 2 N–H and O–H groups in total. The molecule has 0 unspecified atom stereocenters. The predicted octanol–water partition coefficient (Wildman–Crippen LogP) is 3.43. The Morgan fingerprint density at radius 2 is 2.05 bits per heavy atom. The molecular weight excluding hydrogens is 377 g/mol. The Labute approximate surface area is 142 Å². The molecule has 0 aliphatic heterocycles. The van der Waals surface area contributed by atoms with Gasteiger partial charge in [0.1, 0.15) is 11.3 Å². The van der Waals surface area contributed by atoms with Crippen molar-refractivity contribution in [1.82, 2.24) is 10.6 Å². The Kier molecular flexibility index (Phi) is 5.50. The first-order valence-corrected chi connectivity index (χ1v) is 7.19. The first kappa shape index (κ1) is 16.1. The van der Waals surface area contributed by atoms with E-state index in [1.54, 1.807) is 7.05 Å². The lowest BCUT2D eigenvalue weighted by Gasteiger charge is -2.10. The largest absolute Gasteiger partial charge is 0.459 e. The lowest BCUT2D eigenvalue weighted by molar-refractivity contribution is 0.534. The van der Waals surface area contributed by atoms with Crippen molar-refractivity contribution in [2.45, 2.75) is 26.3 Å². The topological polar surface area (TPSA) is 49.6 Å². The van der Waals surface area contributed by atoms with Gasteiger partial charge in [-0.1, -0.05) is 18.2 Å². The number of fused-ring (bicyclic) bond motifs is 1. The number of nitrogens with one attached hydrogen (secondary N) is 2. The van der Waals surface area contributed by atoms with Crippen LogP contribution < -0.4 is 10.6 Å². The molecule has 0 bridgehead atoms. The van der Waals surface area contributed by atoms with E-state index in [0.717, 1.165) is 29.8 Å². The monoisotopic (exact) mass is 399 g/mol. The van der Waals surface area contributed by atoms with Gasteiger partial charge in [0.2, 0.25) is 0 Å². The number of halogens is 1. The van der Waals surface area contributed by atoms with Gasteiger partial charge in [0, 0.05) is 24.5 Å². The fraction of sp³-hybridized carbons (Fsp3) is 0.438. The lowest BCUT2D eigenvalue weighted by Crippen LogP contribution is -2.37. The summed E-state index contributed by atoms with van der Waals surface area (Å²) in [4.78, 5) is 4.24. The third kappa shape index (κ3) is 3.90. The van der Waals surface area contributed by atoms with Crippen molar-refractivity contribution in [2.75, 3.05) is 13.6 Å². The number of aryl methyl sites for hydroxylation is 1. The quantitative estimate of drug-likeness (QED) is 0.471. The van der Waals surface area contributed by atoms with E-state index < -0.39 is 0 Å². The van der Waals surface area contributed by atoms with Gasteiger partial charge in [0.15, 0.2) is 5.96 Å². The number of guanidine groups is 1. The molecule has 0 amide bonds. The molecule has 114 valence electrons. The summed E-state index contributed by atoms with van der Waals surface area (Å²) in [6.07, 6.45) is 2.68. The lowest BCUT2D eigenvalue weighted by atomic mass is 10.1. The normalized spacial score (nSPS) is 14.9. The second-order valence-electron chi connectivity index (χ2n) is 5.40. The van der Waals surface area contributed by atoms with Crippen LogP contribution in [0.2, 0.25) is 0 Å². The smallest absolute Gasteiger partial charge is 0.191 e. The van der Waals surface area contributed by atoms with Gasteiger partial charge in [0.25, 0.3) is 0 Å². The van der Waals surface area contributed by atoms with Crippen LogP contribution in [0.25, 0.3) is 11.0 Å². The molecular formula is C16H22IN3O. The number of nitrogens with zero attached hydrogens (tertiary/aromatic N) is 1. The average molecular weight is 399 g/mol. The van der Waals surface area contributed by atoms with Crippen molar-refractivity contribution < 1.29 is 4.42 Å². The minimum atomic E-state index is 0. The van der Waals surface area contributed by atoms with Gasteiger partial charge in [-0.3, -0.25) is 4.99 Å². The summed E-state index contributed by atoms with van der Waals surface area (Å²) in [5.41, 5.74) is 2.15. The van der Waals surface area contributed by atoms with Crippen molar-refractivity contribution in [2.24, 2.45) is 10.9 Å². The van der Waals surface area contributed by atoms with Gasteiger partial charge in [-0.25, -0.2) is 0 Å². The third-order valence-corrected chi connectivity index (χ3v) is 3.84. The molecule has 4 nitrogen and oxygen atoms in total. The van der Waals surface area contributed by atoms with Crippen molar-refractivity contribution >= 4 is 40.9 Å². The van der Waals surface area contributed by atoms with E-state index in [0.29, 0.717) is 6.54 Å². The Bertz CT molecular complexity index is 631. The SMILES string of the molecule is CN=C(NCc1oc2ccccc2c1C)NCC1CC1.I. The standard InChI is InChI=1S/C16H21N3O.HI/c1-11-13-5-3-4-6-14(13)20-15(11)10-19-16(17-2)18-9-12-7-8-12;/h3-6,12H,7-10H2,1-2H3,(H2,17,18,19);1H. The number of benzene rings is 1. The van der Waals surface area contributed by atoms with Crippen LogP contribution in [-0.4, -0.2) is 19.6 Å². The van der Waals surface area contributed by atoms with Gasteiger partial charge < -0.3 is 15.1 Å². The number of hydrogen-bond donors (Lipinski definition) is 2. The number of hydrogen-bond acceptors (Lipinski definition) is 2. The summed E-state index contributed by atoms with van der Waals surface area (Å²) in [6.45, 7) is 3.77. The Balaban J connectivity index is 0.00000161. The van der Waals surface area contributed by atoms with E-state index in [1.807, 2.05) is 18.2 Å². The fourth-order valence-electron chi connectivity index (χ4n) is 2.34. The zero-order valence-corrected chi connectivity index (χ0v) is 14.8. The summed E-state index contributed by atoms with van der Waals surface area (Å²) in [5, 5.41) is 7.85. The first-order valence-electron chi connectivity index (χ1n) is 7.19. The fourth-order valence-corrected chi connectivity index (χ4v) is 2.34. The van der Waals surface area contributed by atoms with Crippen molar-refractivity contribution in [1.29, 1.82) is 0 Å². The molecule has 2 aromatic rings.